The molecule has 3 N–H and O–H groups in total. The number of likely N-dealkylation sites (tertiary alicyclic amines) is 1. The summed E-state index contributed by atoms with van der Waals surface area (Å²) in [7, 11) is 2.13. The van der Waals surface area contributed by atoms with Crippen molar-refractivity contribution in [2.45, 2.75) is 18.9 Å². The van der Waals surface area contributed by atoms with Gasteiger partial charge in [0, 0.05) is 41.1 Å². The Hall–Kier alpha value is -2.04. The molecule has 1 saturated heterocycles. The molecule has 1 aromatic carbocycles. The number of nitrogens with one attached hydrogen (secondary N) is 1. The maximum Gasteiger partial charge on any atom is 0.123 e. The molecule has 0 radical (unpaired) electrons. The first kappa shape index (κ1) is 15.5. The van der Waals surface area contributed by atoms with Gasteiger partial charge in [-0.1, -0.05) is 29.8 Å². The molecule has 0 amide bonds. The van der Waals surface area contributed by atoms with Gasteiger partial charge in [-0.2, -0.15) is 0 Å². The van der Waals surface area contributed by atoms with Gasteiger partial charge in [0.15, 0.2) is 0 Å². The Labute approximate surface area is 146 Å². The minimum absolute atomic E-state index is 0.114. The summed E-state index contributed by atoms with van der Waals surface area (Å²) in [5, 5.41) is 6.79. The van der Waals surface area contributed by atoms with Crippen molar-refractivity contribution in [2.75, 3.05) is 25.9 Å². The first-order valence-electron chi connectivity index (χ1n) is 8.20. The Kier molecular flexibility index (Phi) is 3.74. The van der Waals surface area contributed by atoms with E-state index in [-0.39, 0.29) is 5.92 Å². The first-order chi connectivity index (χ1) is 11.5. The number of rotatable bonds is 3. The van der Waals surface area contributed by atoms with Gasteiger partial charge in [-0.05, 0) is 42.4 Å². The van der Waals surface area contributed by atoms with Crippen LogP contribution in [0.2, 0.25) is 5.02 Å². The molecule has 2 aromatic rings. The lowest BCUT2D eigenvalue weighted by atomic mass is 9.92. The van der Waals surface area contributed by atoms with E-state index in [0.29, 0.717) is 11.9 Å². The lowest BCUT2D eigenvalue weighted by molar-refractivity contribution is 0.175. The zero-order valence-corrected chi connectivity index (χ0v) is 14.6. The number of nitrogens with zero attached hydrogens (tertiary/aromatic N) is 2. The standard InChI is InChI=1S/C19H21ClN4/c1-11-4-3-5-16(20)18(11)15-6-12-8-22-17(21)7-14(12)19(15)23-13-9-24(2)10-13/h3-8,13,15,23H,9-10,21H2,1-2H3. The highest BCUT2D eigenvalue weighted by molar-refractivity contribution is 6.31. The summed E-state index contributed by atoms with van der Waals surface area (Å²) >= 11 is 6.55. The van der Waals surface area contributed by atoms with Crippen LogP contribution in [0.5, 0.6) is 0 Å². The number of hydrogen-bond acceptors (Lipinski definition) is 4. The van der Waals surface area contributed by atoms with Gasteiger partial charge in [0.05, 0.1) is 6.04 Å². The summed E-state index contributed by atoms with van der Waals surface area (Å²) in [6.45, 7) is 4.21. The molecule has 2 aliphatic rings. The topological polar surface area (TPSA) is 54.2 Å². The van der Waals surface area contributed by atoms with Crippen molar-refractivity contribution in [3.8, 4) is 0 Å². The van der Waals surface area contributed by atoms with E-state index in [1.165, 1.54) is 11.3 Å². The molecule has 124 valence electrons. The van der Waals surface area contributed by atoms with Gasteiger partial charge in [0.2, 0.25) is 0 Å². The number of aromatic nitrogens is 1. The maximum absolute atomic E-state index is 6.55. The number of aryl methyl sites for hydroxylation is 1. The van der Waals surface area contributed by atoms with Crippen molar-refractivity contribution < 1.29 is 0 Å². The fourth-order valence-electron chi connectivity index (χ4n) is 3.72. The van der Waals surface area contributed by atoms with Crippen LogP contribution in [0.4, 0.5) is 5.82 Å². The number of likely N-dealkylation sites (N-methyl/N-ethyl adjacent to an activating group) is 1. The van der Waals surface area contributed by atoms with Gasteiger partial charge in [-0.25, -0.2) is 4.98 Å². The zero-order chi connectivity index (χ0) is 16.8. The van der Waals surface area contributed by atoms with Crippen molar-refractivity contribution in [3.63, 3.8) is 0 Å². The minimum atomic E-state index is 0.114. The van der Waals surface area contributed by atoms with Gasteiger partial charge in [0.1, 0.15) is 5.82 Å². The van der Waals surface area contributed by atoms with E-state index in [2.05, 4.69) is 41.3 Å². The Balaban J connectivity index is 1.85. The average molecular weight is 341 g/mol. The predicted molar refractivity (Wildman–Crippen MR) is 99.1 cm³/mol. The van der Waals surface area contributed by atoms with Crippen LogP contribution in [-0.2, 0) is 0 Å². The summed E-state index contributed by atoms with van der Waals surface area (Å²) in [5.41, 5.74) is 9.48. The van der Waals surface area contributed by atoms with Crippen molar-refractivity contribution >= 4 is 29.2 Å². The third-order valence-electron chi connectivity index (χ3n) is 4.91. The fourth-order valence-corrected chi connectivity index (χ4v) is 4.06. The first-order valence-corrected chi connectivity index (χ1v) is 8.58. The Morgan fingerprint density at radius 1 is 1.33 bits per heavy atom. The van der Waals surface area contributed by atoms with Crippen LogP contribution in [0.1, 0.15) is 17.0 Å². The number of halogens is 1. The van der Waals surface area contributed by atoms with E-state index in [0.717, 1.165) is 34.1 Å². The lowest BCUT2D eigenvalue weighted by Crippen LogP contribution is -2.56. The van der Waals surface area contributed by atoms with E-state index in [1.54, 1.807) is 0 Å². The monoisotopic (exact) mass is 340 g/mol. The van der Waals surface area contributed by atoms with Crippen LogP contribution < -0.4 is 21.5 Å². The van der Waals surface area contributed by atoms with E-state index in [4.69, 9.17) is 17.3 Å². The molecule has 5 heteroatoms. The summed E-state index contributed by atoms with van der Waals surface area (Å²) in [6.07, 6.45) is 4.09. The third-order valence-corrected chi connectivity index (χ3v) is 5.24. The molecule has 1 aliphatic heterocycles. The quantitative estimate of drug-likeness (QED) is 0.882. The largest absolute Gasteiger partial charge is 0.384 e. The number of anilines is 1. The number of benzene rings is 1. The molecule has 4 rings (SSSR count). The molecule has 0 bridgehead atoms. The van der Waals surface area contributed by atoms with Crippen LogP contribution in [-0.4, -0.2) is 36.1 Å². The van der Waals surface area contributed by atoms with Crippen LogP contribution >= 0.6 is 11.6 Å². The van der Waals surface area contributed by atoms with Gasteiger partial charge in [-0.15, -0.1) is 0 Å². The van der Waals surface area contributed by atoms with E-state index in [1.807, 2.05) is 24.4 Å². The molecule has 0 spiro atoms. The predicted octanol–water partition coefficient (Wildman–Crippen LogP) is 1.22. The number of nitrogen functional groups attached to an aromatic ring is 1. The highest BCUT2D eigenvalue weighted by Gasteiger charge is 2.29. The smallest absolute Gasteiger partial charge is 0.123 e. The Morgan fingerprint density at radius 2 is 2.12 bits per heavy atom. The molecule has 1 aromatic heterocycles. The summed E-state index contributed by atoms with van der Waals surface area (Å²) in [4.78, 5) is 6.55. The van der Waals surface area contributed by atoms with Crippen molar-refractivity contribution in [1.29, 1.82) is 0 Å². The molecule has 4 nitrogen and oxygen atoms in total. The van der Waals surface area contributed by atoms with Gasteiger partial charge in [-0.3, -0.25) is 0 Å². The Bertz CT molecular complexity index is 895. The average Bonchev–Trinajstić information content (AvgIpc) is 2.83. The molecule has 1 aliphatic carbocycles. The SMILES string of the molecule is Cc1cccc(Cl)c1C1C=c2cnc(N)cc2=C1NC1CN(C)C1. The van der Waals surface area contributed by atoms with E-state index >= 15 is 0 Å². The third kappa shape index (κ3) is 2.56. The molecule has 2 heterocycles. The molecule has 1 fully saturated rings. The van der Waals surface area contributed by atoms with Crippen LogP contribution in [0.3, 0.4) is 0 Å². The minimum Gasteiger partial charge on any atom is -0.384 e. The fraction of sp³-hybridized carbons (Fsp3) is 0.316. The molecular formula is C19H21ClN4. The molecular weight excluding hydrogens is 320 g/mol. The van der Waals surface area contributed by atoms with E-state index in [9.17, 15) is 0 Å². The number of nitrogens with two attached hydrogens (primary N) is 1. The number of hydrogen-bond donors (Lipinski definition) is 2. The maximum atomic E-state index is 6.55. The van der Waals surface area contributed by atoms with Crippen LogP contribution in [0.15, 0.2) is 30.5 Å². The highest BCUT2D eigenvalue weighted by Crippen LogP contribution is 2.35. The highest BCUT2D eigenvalue weighted by atomic mass is 35.5. The van der Waals surface area contributed by atoms with Crippen molar-refractivity contribution in [1.82, 2.24) is 15.2 Å². The van der Waals surface area contributed by atoms with Crippen molar-refractivity contribution in [3.05, 3.63) is 57.0 Å². The Morgan fingerprint density at radius 3 is 2.83 bits per heavy atom. The second kappa shape index (κ2) is 5.80. The van der Waals surface area contributed by atoms with Gasteiger partial charge in [0.25, 0.3) is 0 Å². The molecule has 1 atom stereocenters. The summed E-state index contributed by atoms with van der Waals surface area (Å²) < 4.78 is 0. The normalized spacial score (nSPS) is 20.5. The molecule has 24 heavy (non-hydrogen) atoms. The number of fused-ring (bicyclic) bond motifs is 1. The van der Waals surface area contributed by atoms with Gasteiger partial charge >= 0.3 is 0 Å². The van der Waals surface area contributed by atoms with Crippen LogP contribution in [0.25, 0.3) is 11.8 Å². The second-order valence-electron chi connectivity index (χ2n) is 6.79. The summed E-state index contributed by atoms with van der Waals surface area (Å²) in [6, 6.07) is 8.49. The molecule has 1 unspecified atom stereocenters. The van der Waals surface area contributed by atoms with E-state index < -0.39 is 0 Å². The summed E-state index contributed by atoms with van der Waals surface area (Å²) in [5.74, 6) is 0.659. The van der Waals surface area contributed by atoms with Gasteiger partial charge < -0.3 is 16.0 Å². The zero-order valence-electron chi connectivity index (χ0n) is 13.9. The molecule has 0 saturated carbocycles. The van der Waals surface area contributed by atoms with Crippen molar-refractivity contribution in [2.24, 2.45) is 0 Å². The number of pyridine rings is 1. The second-order valence-corrected chi connectivity index (χ2v) is 7.19. The lowest BCUT2D eigenvalue weighted by Gasteiger charge is -2.38. The van der Waals surface area contributed by atoms with Crippen LogP contribution in [0, 0.1) is 6.92 Å².